The zero-order valence-electron chi connectivity index (χ0n) is 9.81. The van der Waals surface area contributed by atoms with Gasteiger partial charge in [0.15, 0.2) is 15.6 Å². The predicted molar refractivity (Wildman–Crippen MR) is 69.4 cm³/mol. The van der Waals surface area contributed by atoms with Crippen LogP contribution in [0.5, 0.6) is 0 Å². The summed E-state index contributed by atoms with van der Waals surface area (Å²) in [7, 11) is -3.24. The number of sulfone groups is 1. The van der Waals surface area contributed by atoms with Gasteiger partial charge in [-0.15, -0.1) is 11.3 Å². The van der Waals surface area contributed by atoms with Crippen LogP contribution in [0.1, 0.15) is 40.2 Å². The predicted octanol–water partition coefficient (Wildman–Crippen LogP) is 2.60. The molecule has 0 N–H and O–H groups in total. The molecule has 0 atom stereocenters. The Morgan fingerprint density at radius 1 is 1.35 bits per heavy atom. The maximum Gasteiger partial charge on any atom is 0.187 e. The van der Waals surface area contributed by atoms with E-state index in [0.717, 1.165) is 30.6 Å². The lowest BCUT2D eigenvalue weighted by Gasteiger charge is -2.09. The van der Waals surface area contributed by atoms with E-state index in [1.807, 2.05) is 13.0 Å². The molecule has 0 bridgehead atoms. The highest BCUT2D eigenvalue weighted by Gasteiger charge is 2.31. The minimum absolute atomic E-state index is 0.255. The third-order valence-electron chi connectivity index (χ3n) is 3.16. The van der Waals surface area contributed by atoms with E-state index in [0.29, 0.717) is 4.88 Å². The molecule has 0 spiro atoms. The van der Waals surface area contributed by atoms with Crippen LogP contribution in [0.4, 0.5) is 0 Å². The van der Waals surface area contributed by atoms with E-state index >= 15 is 0 Å². The van der Waals surface area contributed by atoms with Crippen LogP contribution in [0.2, 0.25) is 0 Å². The molecule has 17 heavy (non-hydrogen) atoms. The molecule has 0 radical (unpaired) electrons. The molecule has 0 aliphatic heterocycles. The molecule has 1 heterocycles. The summed E-state index contributed by atoms with van der Waals surface area (Å²) in [5, 5.41) is -0.285. The minimum Gasteiger partial charge on any atom is -0.292 e. The van der Waals surface area contributed by atoms with Crippen LogP contribution in [0, 0.1) is 6.92 Å². The van der Waals surface area contributed by atoms with Crippen LogP contribution in [-0.2, 0) is 9.84 Å². The van der Waals surface area contributed by atoms with Gasteiger partial charge in [-0.1, -0.05) is 12.8 Å². The molecule has 1 aromatic heterocycles. The molecule has 0 aromatic carbocycles. The van der Waals surface area contributed by atoms with Crippen LogP contribution in [0.15, 0.2) is 12.1 Å². The Labute approximate surface area is 106 Å². The van der Waals surface area contributed by atoms with E-state index in [4.69, 9.17) is 0 Å². The van der Waals surface area contributed by atoms with Gasteiger partial charge < -0.3 is 0 Å². The fourth-order valence-corrected chi connectivity index (χ4v) is 4.91. The number of hydrogen-bond acceptors (Lipinski definition) is 4. The quantitative estimate of drug-likeness (QED) is 0.792. The van der Waals surface area contributed by atoms with Crippen LogP contribution in [0.3, 0.4) is 0 Å². The minimum atomic E-state index is -3.24. The maximum absolute atomic E-state index is 12.0. The van der Waals surface area contributed by atoms with E-state index in [1.165, 1.54) is 11.3 Å². The van der Waals surface area contributed by atoms with Crippen molar-refractivity contribution in [3.8, 4) is 0 Å². The average Bonchev–Trinajstić information content (AvgIpc) is 2.86. The first-order valence-corrected chi connectivity index (χ1v) is 8.33. The monoisotopic (exact) mass is 272 g/mol. The fourth-order valence-electron chi connectivity index (χ4n) is 2.20. The molecule has 0 amide bonds. The summed E-state index contributed by atoms with van der Waals surface area (Å²) in [6.45, 7) is 1.91. The molecule has 1 saturated carbocycles. The van der Waals surface area contributed by atoms with Gasteiger partial charge in [-0.2, -0.15) is 0 Å². The molecule has 1 aromatic rings. The molecule has 1 fully saturated rings. The van der Waals surface area contributed by atoms with E-state index in [-0.39, 0.29) is 16.8 Å². The number of carbonyl (C=O) groups is 1. The van der Waals surface area contributed by atoms with Gasteiger partial charge >= 0.3 is 0 Å². The Bertz CT molecular complexity index is 508. The molecule has 5 heteroatoms. The highest BCUT2D eigenvalue weighted by molar-refractivity contribution is 7.92. The van der Waals surface area contributed by atoms with Gasteiger partial charge in [-0.25, -0.2) is 8.42 Å². The first kappa shape index (κ1) is 12.8. The van der Waals surface area contributed by atoms with Crippen molar-refractivity contribution in [1.29, 1.82) is 0 Å². The van der Waals surface area contributed by atoms with E-state index in [2.05, 4.69) is 0 Å². The average molecular weight is 272 g/mol. The van der Waals surface area contributed by atoms with Gasteiger partial charge in [-0.3, -0.25) is 4.79 Å². The van der Waals surface area contributed by atoms with Crippen LogP contribution in [-0.4, -0.2) is 25.2 Å². The van der Waals surface area contributed by atoms with E-state index in [1.54, 1.807) is 6.07 Å². The molecule has 1 aliphatic rings. The van der Waals surface area contributed by atoms with Gasteiger partial charge in [0.25, 0.3) is 0 Å². The summed E-state index contributed by atoms with van der Waals surface area (Å²) in [4.78, 5) is 13.5. The van der Waals surface area contributed by atoms with E-state index in [9.17, 15) is 13.2 Å². The second-order valence-corrected chi connectivity index (χ2v) is 8.12. The molecule has 94 valence electrons. The van der Waals surface area contributed by atoms with Crippen LogP contribution < -0.4 is 0 Å². The molecule has 3 nitrogen and oxygen atoms in total. The van der Waals surface area contributed by atoms with Crippen molar-refractivity contribution in [1.82, 2.24) is 0 Å². The summed E-state index contributed by atoms with van der Waals surface area (Å²) >= 11 is 1.37. The summed E-state index contributed by atoms with van der Waals surface area (Å²) in [5.74, 6) is -0.576. The van der Waals surface area contributed by atoms with Crippen molar-refractivity contribution in [2.75, 3.05) is 5.75 Å². The summed E-state index contributed by atoms with van der Waals surface area (Å²) in [6, 6.07) is 3.56. The largest absolute Gasteiger partial charge is 0.292 e. The second kappa shape index (κ2) is 4.90. The molecule has 0 unspecified atom stereocenters. The number of aryl methyl sites for hydroxylation is 1. The Morgan fingerprint density at radius 2 is 2.00 bits per heavy atom. The summed E-state index contributed by atoms with van der Waals surface area (Å²) < 4.78 is 24.0. The number of hydrogen-bond donors (Lipinski definition) is 0. The van der Waals surface area contributed by atoms with Crippen molar-refractivity contribution < 1.29 is 13.2 Å². The fraction of sp³-hybridized carbons (Fsp3) is 0.583. The van der Waals surface area contributed by atoms with Crippen LogP contribution in [0.25, 0.3) is 0 Å². The standard InChI is InChI=1S/C12H16O3S2/c1-9-6-7-12(16-9)11(13)8-17(14,15)10-4-2-3-5-10/h6-7,10H,2-5,8H2,1H3. The van der Waals surface area contributed by atoms with Gasteiger partial charge in [0.2, 0.25) is 0 Å². The lowest BCUT2D eigenvalue weighted by atomic mass is 10.3. The van der Waals surface area contributed by atoms with Crippen molar-refractivity contribution in [3.05, 3.63) is 21.9 Å². The van der Waals surface area contributed by atoms with Gasteiger partial charge in [0.1, 0.15) is 5.75 Å². The zero-order chi connectivity index (χ0) is 12.5. The van der Waals surface area contributed by atoms with Gasteiger partial charge in [-0.05, 0) is 31.9 Å². The number of ketones is 1. The maximum atomic E-state index is 12.0. The molecular formula is C12H16O3S2. The summed E-state index contributed by atoms with van der Waals surface area (Å²) in [5.41, 5.74) is 0. The normalized spacial score (nSPS) is 17.5. The number of carbonyl (C=O) groups excluding carboxylic acids is 1. The number of rotatable bonds is 4. The first-order chi connectivity index (χ1) is 7.99. The Kier molecular flexibility index (Phi) is 3.68. The van der Waals surface area contributed by atoms with Crippen molar-refractivity contribution in [3.63, 3.8) is 0 Å². The van der Waals surface area contributed by atoms with Crippen LogP contribution >= 0.6 is 11.3 Å². The number of thiophene rings is 1. The lowest BCUT2D eigenvalue weighted by Crippen LogP contribution is -2.25. The highest BCUT2D eigenvalue weighted by atomic mass is 32.2. The van der Waals surface area contributed by atoms with Crippen molar-refractivity contribution in [2.24, 2.45) is 0 Å². The smallest absolute Gasteiger partial charge is 0.187 e. The SMILES string of the molecule is Cc1ccc(C(=O)CS(=O)(=O)C2CCCC2)s1. The van der Waals surface area contributed by atoms with Gasteiger partial charge in [0, 0.05) is 4.88 Å². The molecular weight excluding hydrogens is 256 g/mol. The molecule has 0 saturated heterocycles. The molecule has 2 rings (SSSR count). The Balaban J connectivity index is 2.08. The van der Waals surface area contributed by atoms with Crippen molar-refractivity contribution >= 4 is 27.0 Å². The Hall–Kier alpha value is -0.680. The lowest BCUT2D eigenvalue weighted by molar-refractivity contribution is 0.102. The third kappa shape index (κ3) is 2.96. The van der Waals surface area contributed by atoms with E-state index < -0.39 is 9.84 Å². The highest BCUT2D eigenvalue weighted by Crippen LogP contribution is 2.26. The summed E-state index contributed by atoms with van der Waals surface area (Å²) in [6.07, 6.45) is 3.38. The second-order valence-electron chi connectivity index (χ2n) is 4.55. The third-order valence-corrected chi connectivity index (χ3v) is 6.35. The van der Waals surface area contributed by atoms with Gasteiger partial charge in [0.05, 0.1) is 10.1 Å². The van der Waals surface area contributed by atoms with Crippen molar-refractivity contribution in [2.45, 2.75) is 37.9 Å². The topological polar surface area (TPSA) is 51.2 Å². The first-order valence-electron chi connectivity index (χ1n) is 5.80. The zero-order valence-corrected chi connectivity index (χ0v) is 11.4. The molecule has 1 aliphatic carbocycles. The Morgan fingerprint density at radius 3 is 2.53 bits per heavy atom. The number of Topliss-reactive ketones (excluding diaryl/α,β-unsaturated/α-hetero) is 1.